The van der Waals surface area contributed by atoms with Crippen LogP contribution in [0.4, 0.5) is 0 Å². The van der Waals surface area contributed by atoms with E-state index in [1.165, 1.54) is 6.33 Å². The van der Waals surface area contributed by atoms with Gasteiger partial charge in [-0.3, -0.25) is 4.79 Å². The second-order valence-corrected chi connectivity index (χ2v) is 8.58. The number of benzene rings is 2. The number of ether oxygens (including phenoxy) is 3. The van der Waals surface area contributed by atoms with Crippen molar-refractivity contribution < 1.29 is 19.0 Å². The van der Waals surface area contributed by atoms with Crippen molar-refractivity contribution in [2.75, 3.05) is 13.4 Å². The Bertz CT molecular complexity index is 1400. The van der Waals surface area contributed by atoms with Gasteiger partial charge in [0.1, 0.15) is 6.33 Å². The van der Waals surface area contributed by atoms with E-state index in [0.29, 0.717) is 33.1 Å². The quantitative estimate of drug-likeness (QED) is 0.342. The number of hydrogen-bond acceptors (Lipinski definition) is 6. The molecule has 3 heterocycles. The highest BCUT2D eigenvalue weighted by Gasteiger charge is 2.19. The van der Waals surface area contributed by atoms with Gasteiger partial charge in [-0.1, -0.05) is 29.3 Å². The molecule has 0 spiro atoms. The number of carbonyl (C=O) groups excluding carboxylic acids is 1. The summed E-state index contributed by atoms with van der Waals surface area (Å²) in [5, 5.41) is 1.38. The predicted octanol–water partition coefficient (Wildman–Crippen LogP) is 5.39. The van der Waals surface area contributed by atoms with Crippen LogP contribution in [0.5, 0.6) is 17.4 Å². The average Bonchev–Trinajstić information content (AvgIpc) is 3.37. The number of Topliss-reactive ketones (excluding diaryl/α,β-unsaturated/α-hetero) is 1. The first-order valence-corrected chi connectivity index (χ1v) is 11.0. The molecular formula is C24H19Cl2N3O4. The van der Waals surface area contributed by atoms with E-state index in [-0.39, 0.29) is 25.1 Å². The molecule has 2 aromatic heterocycles. The molecule has 5 rings (SSSR count). The predicted molar refractivity (Wildman–Crippen MR) is 125 cm³/mol. The third kappa shape index (κ3) is 4.10. The maximum atomic E-state index is 13.0. The molecular weight excluding hydrogens is 465 g/mol. The lowest BCUT2D eigenvalue weighted by Gasteiger charge is -2.11. The largest absolute Gasteiger partial charge is 0.469 e. The van der Waals surface area contributed by atoms with Gasteiger partial charge < -0.3 is 18.8 Å². The standard InChI is InChI=1S/C24H19Cl2N3O4/c1-13-5-17(14(2)29(13)9-15-3-4-21-22(6-15)33-12-32-21)20(30)10-31-24-18-7-16(25)8-19(26)23(18)27-11-28-24/h3-8,11H,9-10,12H2,1-2H3. The minimum absolute atomic E-state index is 0.153. The first-order valence-electron chi connectivity index (χ1n) is 10.2. The molecule has 168 valence electrons. The summed E-state index contributed by atoms with van der Waals surface area (Å²) in [6.45, 7) is 4.56. The maximum Gasteiger partial charge on any atom is 0.231 e. The zero-order valence-corrected chi connectivity index (χ0v) is 19.4. The van der Waals surface area contributed by atoms with E-state index in [9.17, 15) is 4.79 Å². The summed E-state index contributed by atoms with van der Waals surface area (Å²) in [7, 11) is 0. The fraction of sp³-hybridized carbons (Fsp3) is 0.208. The Kier molecular flexibility index (Phi) is 5.60. The second-order valence-electron chi connectivity index (χ2n) is 7.73. The summed E-state index contributed by atoms with van der Waals surface area (Å²) >= 11 is 12.3. The van der Waals surface area contributed by atoms with Crippen LogP contribution < -0.4 is 14.2 Å². The molecule has 1 aliphatic rings. The Morgan fingerprint density at radius 3 is 2.76 bits per heavy atom. The lowest BCUT2D eigenvalue weighted by atomic mass is 10.1. The zero-order chi connectivity index (χ0) is 23.1. The number of aromatic nitrogens is 3. The van der Waals surface area contributed by atoms with Crippen LogP contribution in [0.15, 0.2) is 42.7 Å². The molecule has 4 aromatic rings. The van der Waals surface area contributed by atoms with Gasteiger partial charge in [0.15, 0.2) is 18.1 Å². The zero-order valence-electron chi connectivity index (χ0n) is 17.9. The van der Waals surface area contributed by atoms with Gasteiger partial charge in [0.05, 0.1) is 15.9 Å². The third-order valence-electron chi connectivity index (χ3n) is 5.61. The Morgan fingerprint density at radius 2 is 1.91 bits per heavy atom. The summed E-state index contributed by atoms with van der Waals surface area (Å²) in [4.78, 5) is 21.3. The average molecular weight is 484 g/mol. The maximum absolute atomic E-state index is 13.0. The molecule has 0 fully saturated rings. The van der Waals surface area contributed by atoms with Gasteiger partial charge in [-0.05, 0) is 49.7 Å². The van der Waals surface area contributed by atoms with Crippen LogP contribution in [0.1, 0.15) is 27.3 Å². The van der Waals surface area contributed by atoms with E-state index in [2.05, 4.69) is 14.5 Å². The SMILES string of the molecule is Cc1cc(C(=O)COc2ncnc3c(Cl)cc(Cl)cc23)c(C)n1Cc1ccc2c(c1)OCO2. The molecule has 0 bridgehead atoms. The molecule has 0 N–H and O–H groups in total. The van der Waals surface area contributed by atoms with Crippen LogP contribution in [0.2, 0.25) is 10.0 Å². The van der Waals surface area contributed by atoms with E-state index in [4.69, 9.17) is 37.4 Å². The van der Waals surface area contributed by atoms with E-state index in [1.807, 2.05) is 38.1 Å². The van der Waals surface area contributed by atoms with Gasteiger partial charge in [-0.2, -0.15) is 0 Å². The molecule has 1 aliphatic heterocycles. The van der Waals surface area contributed by atoms with Crippen molar-refractivity contribution >= 4 is 39.9 Å². The number of fused-ring (bicyclic) bond motifs is 2. The Hall–Kier alpha value is -3.29. The highest BCUT2D eigenvalue weighted by Crippen LogP contribution is 2.33. The van der Waals surface area contributed by atoms with E-state index in [1.54, 1.807) is 12.1 Å². The molecule has 33 heavy (non-hydrogen) atoms. The van der Waals surface area contributed by atoms with Gasteiger partial charge in [-0.25, -0.2) is 9.97 Å². The first-order chi connectivity index (χ1) is 15.9. The molecule has 0 atom stereocenters. The fourth-order valence-corrected chi connectivity index (χ4v) is 4.49. The monoisotopic (exact) mass is 483 g/mol. The van der Waals surface area contributed by atoms with Gasteiger partial charge >= 0.3 is 0 Å². The molecule has 0 unspecified atom stereocenters. The lowest BCUT2D eigenvalue weighted by molar-refractivity contribution is 0.0918. The summed E-state index contributed by atoms with van der Waals surface area (Å²) in [5.41, 5.74) is 4.00. The van der Waals surface area contributed by atoms with Crippen LogP contribution >= 0.6 is 23.2 Å². The van der Waals surface area contributed by atoms with Gasteiger partial charge in [-0.15, -0.1) is 0 Å². The molecule has 2 aromatic carbocycles. The summed E-state index contributed by atoms with van der Waals surface area (Å²) in [6, 6.07) is 11.0. The van der Waals surface area contributed by atoms with Crippen LogP contribution in [0.3, 0.4) is 0 Å². The van der Waals surface area contributed by atoms with Gasteiger partial charge in [0.25, 0.3) is 0 Å². The van der Waals surface area contributed by atoms with Crippen molar-refractivity contribution in [2.45, 2.75) is 20.4 Å². The molecule has 0 saturated heterocycles. The van der Waals surface area contributed by atoms with Crippen molar-refractivity contribution in [1.29, 1.82) is 0 Å². The van der Waals surface area contributed by atoms with Gasteiger partial charge in [0, 0.05) is 28.5 Å². The molecule has 7 nitrogen and oxygen atoms in total. The third-order valence-corrected chi connectivity index (χ3v) is 6.12. The Labute approximate surface area is 199 Å². The summed E-state index contributed by atoms with van der Waals surface area (Å²) in [5.74, 6) is 1.58. The normalized spacial score (nSPS) is 12.4. The second kappa shape index (κ2) is 8.57. The Balaban J connectivity index is 1.35. The molecule has 0 aliphatic carbocycles. The highest BCUT2D eigenvalue weighted by atomic mass is 35.5. The fourth-order valence-electron chi connectivity index (χ4n) is 3.94. The topological polar surface area (TPSA) is 75.5 Å². The molecule has 0 radical (unpaired) electrons. The van der Waals surface area contributed by atoms with Crippen molar-refractivity contribution in [3.8, 4) is 17.4 Å². The van der Waals surface area contributed by atoms with E-state index < -0.39 is 0 Å². The number of nitrogens with zero attached hydrogens (tertiary/aromatic N) is 3. The number of carbonyl (C=O) groups is 1. The first kappa shape index (κ1) is 21.6. The van der Waals surface area contributed by atoms with Crippen molar-refractivity contribution in [1.82, 2.24) is 14.5 Å². The minimum atomic E-state index is -0.176. The molecule has 0 amide bonds. The van der Waals surface area contributed by atoms with E-state index >= 15 is 0 Å². The summed E-state index contributed by atoms with van der Waals surface area (Å²) < 4.78 is 18.7. The highest BCUT2D eigenvalue weighted by molar-refractivity contribution is 6.38. The van der Waals surface area contributed by atoms with Crippen LogP contribution in [-0.2, 0) is 6.54 Å². The van der Waals surface area contributed by atoms with Crippen LogP contribution in [-0.4, -0.2) is 33.7 Å². The molecule has 9 heteroatoms. The lowest BCUT2D eigenvalue weighted by Crippen LogP contribution is -2.14. The summed E-state index contributed by atoms with van der Waals surface area (Å²) in [6.07, 6.45) is 1.35. The number of ketones is 1. The Morgan fingerprint density at radius 1 is 1.09 bits per heavy atom. The number of hydrogen-bond donors (Lipinski definition) is 0. The van der Waals surface area contributed by atoms with Crippen molar-refractivity contribution in [3.63, 3.8) is 0 Å². The number of halogens is 2. The minimum Gasteiger partial charge on any atom is -0.469 e. The molecule has 0 saturated carbocycles. The smallest absolute Gasteiger partial charge is 0.231 e. The number of rotatable bonds is 6. The van der Waals surface area contributed by atoms with E-state index in [0.717, 1.165) is 28.5 Å². The van der Waals surface area contributed by atoms with Crippen molar-refractivity contribution in [2.24, 2.45) is 0 Å². The number of aryl methyl sites for hydroxylation is 1. The van der Waals surface area contributed by atoms with Crippen LogP contribution in [0.25, 0.3) is 10.9 Å². The van der Waals surface area contributed by atoms with Gasteiger partial charge in [0.2, 0.25) is 18.5 Å². The van der Waals surface area contributed by atoms with Crippen LogP contribution in [0, 0.1) is 13.8 Å². The van der Waals surface area contributed by atoms with Crippen molar-refractivity contribution in [3.05, 3.63) is 75.3 Å².